The SMILES string of the molecule is [C]1=[C]C=CON=[C]1. The Morgan fingerprint density at radius 3 is 3.57 bits per heavy atom. The average molecular weight is 92.1 g/mol. The highest BCUT2D eigenvalue weighted by atomic mass is 16.6. The van der Waals surface area contributed by atoms with Gasteiger partial charge in [0.25, 0.3) is 0 Å². The first-order valence-electron chi connectivity index (χ1n) is 1.76. The van der Waals surface area contributed by atoms with Gasteiger partial charge in [0, 0.05) is 6.08 Å². The molecule has 0 N–H and O–H groups in total. The molecule has 2 heteroatoms. The lowest BCUT2D eigenvalue weighted by molar-refractivity contribution is 0.271. The van der Waals surface area contributed by atoms with E-state index in [1.54, 1.807) is 6.08 Å². The van der Waals surface area contributed by atoms with Gasteiger partial charge in [-0.15, -0.1) is 0 Å². The smallest absolute Gasteiger partial charge is 0.141 e. The van der Waals surface area contributed by atoms with Gasteiger partial charge in [0.2, 0.25) is 0 Å². The highest BCUT2D eigenvalue weighted by Crippen LogP contribution is 1.82. The van der Waals surface area contributed by atoms with Gasteiger partial charge in [0.1, 0.15) is 12.5 Å². The van der Waals surface area contributed by atoms with Crippen LogP contribution < -0.4 is 0 Å². The van der Waals surface area contributed by atoms with Gasteiger partial charge in [0.05, 0.1) is 0 Å². The molecule has 0 spiro atoms. The van der Waals surface area contributed by atoms with E-state index in [0.717, 1.165) is 0 Å². The number of rotatable bonds is 0. The van der Waals surface area contributed by atoms with Crippen molar-refractivity contribution < 1.29 is 4.84 Å². The normalized spacial score (nSPS) is 16.0. The Morgan fingerprint density at radius 1 is 1.57 bits per heavy atom. The molecule has 0 atom stereocenters. The van der Waals surface area contributed by atoms with Crippen molar-refractivity contribution in [3.63, 3.8) is 0 Å². The summed E-state index contributed by atoms with van der Waals surface area (Å²) in [7, 11) is 0. The maximum atomic E-state index is 4.40. The first-order valence-corrected chi connectivity index (χ1v) is 1.76. The van der Waals surface area contributed by atoms with E-state index in [-0.39, 0.29) is 0 Å². The monoisotopic (exact) mass is 92.0 g/mol. The van der Waals surface area contributed by atoms with Crippen LogP contribution in [0.3, 0.4) is 0 Å². The van der Waals surface area contributed by atoms with Crippen LogP contribution in [0.5, 0.6) is 0 Å². The summed E-state index contributed by atoms with van der Waals surface area (Å²) in [5.41, 5.74) is 0. The largest absolute Gasteiger partial charge is 0.364 e. The van der Waals surface area contributed by atoms with E-state index in [4.69, 9.17) is 0 Å². The Hall–Kier alpha value is -1.05. The minimum Gasteiger partial charge on any atom is -0.364 e. The first-order chi connectivity index (χ1) is 3.50. The summed E-state index contributed by atoms with van der Waals surface area (Å²) in [5, 5.41) is 3.26. The molecule has 2 nitrogen and oxygen atoms in total. The number of hydrogen-bond donors (Lipinski definition) is 0. The fourth-order valence-corrected chi connectivity index (χ4v) is 0.218. The van der Waals surface area contributed by atoms with E-state index in [1.807, 2.05) is 0 Å². The molecule has 0 amide bonds. The van der Waals surface area contributed by atoms with Crippen molar-refractivity contribution in [2.75, 3.05) is 0 Å². The summed E-state index contributed by atoms with van der Waals surface area (Å²) >= 11 is 0. The van der Waals surface area contributed by atoms with Crippen LogP contribution in [0.15, 0.2) is 17.5 Å². The molecule has 1 aliphatic heterocycles. The number of hydrogen-bond acceptors (Lipinski definition) is 2. The molecule has 0 saturated heterocycles. The molecule has 33 valence electrons. The van der Waals surface area contributed by atoms with Crippen molar-refractivity contribution in [2.45, 2.75) is 0 Å². The van der Waals surface area contributed by atoms with E-state index in [1.165, 1.54) is 6.26 Å². The maximum Gasteiger partial charge on any atom is 0.141 e. The Morgan fingerprint density at radius 2 is 2.57 bits per heavy atom. The summed E-state index contributed by atoms with van der Waals surface area (Å²) in [6.45, 7) is 0. The van der Waals surface area contributed by atoms with Crippen LogP contribution in [-0.2, 0) is 4.84 Å². The molecule has 0 aromatic heterocycles. The predicted molar refractivity (Wildman–Crippen MR) is 24.1 cm³/mol. The predicted octanol–water partition coefficient (Wildman–Crippen LogP) is 0.556. The van der Waals surface area contributed by atoms with E-state index in [9.17, 15) is 0 Å². The second-order valence-electron chi connectivity index (χ2n) is 0.881. The van der Waals surface area contributed by atoms with Gasteiger partial charge in [-0.25, -0.2) is 0 Å². The van der Waals surface area contributed by atoms with Crippen LogP contribution in [-0.4, -0.2) is 6.21 Å². The third kappa shape index (κ3) is 1.22. The van der Waals surface area contributed by atoms with Gasteiger partial charge >= 0.3 is 0 Å². The molecule has 0 bridgehead atoms. The molecule has 7 heavy (non-hydrogen) atoms. The van der Waals surface area contributed by atoms with Gasteiger partial charge in [-0.05, 0) is 12.2 Å². The lowest BCUT2D eigenvalue weighted by Crippen LogP contribution is -1.62. The van der Waals surface area contributed by atoms with Crippen molar-refractivity contribution in [3.8, 4) is 0 Å². The summed E-state index contributed by atoms with van der Waals surface area (Å²) < 4.78 is 0. The maximum absolute atomic E-state index is 4.40. The molecule has 0 fully saturated rings. The van der Waals surface area contributed by atoms with E-state index < -0.39 is 0 Å². The van der Waals surface area contributed by atoms with E-state index in [2.05, 4.69) is 28.4 Å². The Bertz CT molecular complexity index is 110. The van der Waals surface area contributed by atoms with Crippen LogP contribution in [0.1, 0.15) is 0 Å². The van der Waals surface area contributed by atoms with Crippen LogP contribution in [0.4, 0.5) is 0 Å². The summed E-state index contributed by atoms with van der Waals surface area (Å²) in [6, 6.07) is 0. The van der Waals surface area contributed by atoms with Crippen LogP contribution in [0.25, 0.3) is 0 Å². The minimum atomic E-state index is 1.40. The molecule has 3 radical (unpaired) electrons. The molecule has 1 rings (SSSR count). The topological polar surface area (TPSA) is 21.6 Å². The van der Waals surface area contributed by atoms with Gasteiger partial charge in [-0.3, -0.25) is 0 Å². The summed E-state index contributed by atoms with van der Waals surface area (Å²) in [4.78, 5) is 4.40. The highest BCUT2D eigenvalue weighted by molar-refractivity contribution is 5.65. The Labute approximate surface area is 41.8 Å². The zero-order valence-electron chi connectivity index (χ0n) is 3.51. The van der Waals surface area contributed by atoms with E-state index in [0.29, 0.717) is 0 Å². The second-order valence-corrected chi connectivity index (χ2v) is 0.881. The van der Waals surface area contributed by atoms with Crippen LogP contribution >= 0.6 is 0 Å². The summed E-state index contributed by atoms with van der Waals surface area (Å²) in [5.74, 6) is 0. The lowest BCUT2D eigenvalue weighted by atomic mass is 10.5. The Balaban J connectivity index is 2.60. The lowest BCUT2D eigenvalue weighted by Gasteiger charge is -1.76. The highest BCUT2D eigenvalue weighted by Gasteiger charge is 1.73. The zero-order chi connectivity index (χ0) is 4.95. The standard InChI is InChI=1S/C5H2NO/c1-2-4-6-7-5-3-1/h3,5H. The van der Waals surface area contributed by atoms with Gasteiger partial charge < -0.3 is 4.84 Å². The van der Waals surface area contributed by atoms with E-state index >= 15 is 0 Å². The van der Waals surface area contributed by atoms with Gasteiger partial charge in [0.15, 0.2) is 0 Å². The number of allylic oxidation sites excluding steroid dienone is 3. The zero-order valence-corrected chi connectivity index (χ0v) is 3.51. The fraction of sp³-hybridized carbons (Fsp3) is 0. The number of nitrogens with zero attached hydrogens (tertiary/aromatic N) is 1. The van der Waals surface area contributed by atoms with Crippen molar-refractivity contribution in [1.29, 1.82) is 0 Å². The first kappa shape index (κ1) is 4.12. The molecule has 1 heterocycles. The molecular weight excluding hydrogens is 90.1 g/mol. The molecule has 0 saturated carbocycles. The van der Waals surface area contributed by atoms with Crippen molar-refractivity contribution in [1.82, 2.24) is 0 Å². The molecular formula is C5H2NO. The molecule has 0 aliphatic carbocycles. The van der Waals surface area contributed by atoms with Gasteiger partial charge in [-0.2, -0.15) is 0 Å². The molecule has 0 unspecified atom stereocenters. The fourth-order valence-electron chi connectivity index (χ4n) is 0.218. The third-order valence-electron chi connectivity index (χ3n) is 0.439. The van der Waals surface area contributed by atoms with Crippen molar-refractivity contribution in [3.05, 3.63) is 24.5 Å². The third-order valence-corrected chi connectivity index (χ3v) is 0.439. The minimum absolute atomic E-state index is 1.40. The molecule has 1 aliphatic rings. The Kier molecular flexibility index (Phi) is 1.28. The van der Waals surface area contributed by atoms with Crippen LogP contribution in [0.2, 0.25) is 0 Å². The van der Waals surface area contributed by atoms with Crippen molar-refractivity contribution in [2.24, 2.45) is 5.16 Å². The average Bonchev–Trinajstić information content (AvgIpc) is 1.90. The van der Waals surface area contributed by atoms with Crippen molar-refractivity contribution >= 4 is 6.21 Å². The quantitative estimate of drug-likeness (QED) is 0.427. The summed E-state index contributed by atoms with van der Waals surface area (Å²) in [6.07, 6.45) is 10.3. The second kappa shape index (κ2) is 2.18. The van der Waals surface area contributed by atoms with Gasteiger partial charge in [-0.1, -0.05) is 5.16 Å². The van der Waals surface area contributed by atoms with Crippen LogP contribution in [0, 0.1) is 12.2 Å². The molecule has 0 aromatic carbocycles. The molecule has 0 aromatic rings.